The minimum Gasteiger partial charge on any atom is -0.468 e. The molecule has 2 unspecified atom stereocenters. The van der Waals surface area contributed by atoms with Gasteiger partial charge < -0.3 is 25.0 Å². The Hall–Kier alpha value is -2.82. The van der Waals surface area contributed by atoms with Crippen molar-refractivity contribution in [3.63, 3.8) is 0 Å². The first-order valence-corrected chi connectivity index (χ1v) is 15.3. The minimum atomic E-state index is -0.713. The summed E-state index contributed by atoms with van der Waals surface area (Å²) < 4.78 is 10.1. The summed E-state index contributed by atoms with van der Waals surface area (Å²) in [6, 6.07) is 8.40. The number of rotatable bonds is 9. The monoisotopic (exact) mass is 583 g/mol. The van der Waals surface area contributed by atoms with Crippen molar-refractivity contribution in [1.29, 1.82) is 0 Å². The van der Waals surface area contributed by atoms with Gasteiger partial charge in [-0.1, -0.05) is 31.4 Å². The maximum atomic E-state index is 12.7. The number of anilines is 1. The lowest BCUT2D eigenvalue weighted by atomic mass is 9.75. The SMILES string of the molecule is COC(=O)C1=C(C)N=C(C)C(C(=O)OC)C1c1ccc(NC(=S)NCCCN2CCN(C3CCCCC3)CC2)cc1. The van der Waals surface area contributed by atoms with Crippen LogP contribution in [0.4, 0.5) is 5.69 Å². The van der Waals surface area contributed by atoms with Crippen LogP contribution < -0.4 is 10.6 Å². The number of nitrogens with one attached hydrogen (secondary N) is 2. The van der Waals surface area contributed by atoms with Gasteiger partial charge in [-0.25, -0.2) is 4.79 Å². The summed E-state index contributed by atoms with van der Waals surface area (Å²) in [6.07, 6.45) is 8.00. The molecular formula is C31H45N5O4S. The van der Waals surface area contributed by atoms with Gasteiger partial charge >= 0.3 is 11.9 Å². The van der Waals surface area contributed by atoms with Gasteiger partial charge in [-0.15, -0.1) is 0 Å². The van der Waals surface area contributed by atoms with E-state index in [2.05, 4.69) is 25.4 Å². The standard InChI is InChI=1S/C31H45N5O4S/c1-21-26(29(37)39-3)28(27(22(2)33-21)30(38)40-4)23-11-13-24(14-12-23)34-31(41)32-15-8-16-35-17-19-36(20-18-35)25-9-6-5-7-10-25/h11-14,25-26,28H,5-10,15-20H2,1-4H3,(H2,32,34,41). The Balaban J connectivity index is 1.26. The molecule has 2 aliphatic heterocycles. The van der Waals surface area contributed by atoms with Crippen LogP contribution in [0.15, 0.2) is 40.5 Å². The third-order valence-corrected chi connectivity index (χ3v) is 8.90. The average Bonchev–Trinajstić information content (AvgIpc) is 2.99. The number of carbonyl (C=O) groups excluding carboxylic acids is 2. The number of piperazine rings is 1. The van der Waals surface area contributed by atoms with Crippen LogP contribution in [0.25, 0.3) is 0 Å². The van der Waals surface area contributed by atoms with E-state index in [1.54, 1.807) is 13.8 Å². The summed E-state index contributed by atoms with van der Waals surface area (Å²) >= 11 is 5.53. The van der Waals surface area contributed by atoms with E-state index >= 15 is 0 Å². The van der Waals surface area contributed by atoms with Crippen LogP contribution in [-0.4, -0.2) is 92.1 Å². The summed E-state index contributed by atoms with van der Waals surface area (Å²) in [5, 5.41) is 7.13. The van der Waals surface area contributed by atoms with Gasteiger partial charge in [0.25, 0.3) is 0 Å². The van der Waals surface area contributed by atoms with Crippen molar-refractivity contribution in [1.82, 2.24) is 15.1 Å². The van der Waals surface area contributed by atoms with Crippen molar-refractivity contribution >= 4 is 40.7 Å². The number of esters is 2. The molecule has 0 amide bonds. The molecule has 10 heteroatoms. The zero-order valence-corrected chi connectivity index (χ0v) is 25.7. The topological polar surface area (TPSA) is 95.5 Å². The van der Waals surface area contributed by atoms with Crippen LogP contribution in [0.3, 0.4) is 0 Å². The zero-order valence-electron chi connectivity index (χ0n) is 24.9. The molecule has 0 aromatic heterocycles. The predicted molar refractivity (Wildman–Crippen MR) is 166 cm³/mol. The number of ether oxygens (including phenoxy) is 2. The fraction of sp³-hybridized carbons (Fsp3) is 0.613. The second-order valence-electron chi connectivity index (χ2n) is 11.2. The first kappa shape index (κ1) is 31.1. The molecule has 2 atom stereocenters. The minimum absolute atomic E-state index is 0.363. The third kappa shape index (κ3) is 7.93. The molecule has 41 heavy (non-hydrogen) atoms. The zero-order chi connectivity index (χ0) is 29.4. The van der Waals surface area contributed by atoms with Crippen LogP contribution in [0.5, 0.6) is 0 Å². The Kier molecular flexibility index (Phi) is 11.3. The quantitative estimate of drug-likeness (QED) is 0.253. The van der Waals surface area contributed by atoms with E-state index in [-0.39, 0.29) is 0 Å². The van der Waals surface area contributed by atoms with E-state index in [1.807, 2.05) is 24.3 Å². The van der Waals surface area contributed by atoms with Gasteiger partial charge in [0, 0.05) is 61.8 Å². The summed E-state index contributed by atoms with van der Waals surface area (Å²) in [7, 11) is 2.67. The number of nitrogens with zero attached hydrogens (tertiary/aromatic N) is 3. The Morgan fingerprint density at radius 3 is 2.32 bits per heavy atom. The van der Waals surface area contributed by atoms with Crippen molar-refractivity contribution in [3.8, 4) is 0 Å². The number of aliphatic imine (C=N–C) groups is 1. The van der Waals surface area contributed by atoms with Crippen LogP contribution in [0.1, 0.15) is 63.9 Å². The van der Waals surface area contributed by atoms with Crippen LogP contribution >= 0.6 is 12.2 Å². The molecule has 0 spiro atoms. The lowest BCUT2D eigenvalue weighted by Crippen LogP contribution is -2.51. The smallest absolute Gasteiger partial charge is 0.336 e. The van der Waals surface area contributed by atoms with E-state index in [0.717, 1.165) is 49.9 Å². The van der Waals surface area contributed by atoms with Gasteiger partial charge in [0.2, 0.25) is 0 Å². The Morgan fingerprint density at radius 2 is 1.68 bits per heavy atom. The normalized spacial score (nSPS) is 22.6. The number of benzene rings is 1. The molecule has 1 aliphatic carbocycles. The number of hydrogen-bond donors (Lipinski definition) is 2. The fourth-order valence-electron chi connectivity index (χ4n) is 6.46. The summed E-state index contributed by atoms with van der Waals surface area (Å²) in [5.74, 6) is -2.22. The maximum Gasteiger partial charge on any atom is 0.336 e. The first-order valence-electron chi connectivity index (χ1n) is 14.9. The highest BCUT2D eigenvalue weighted by Crippen LogP contribution is 2.40. The molecular weight excluding hydrogens is 538 g/mol. The number of hydrogen-bond acceptors (Lipinski definition) is 8. The van der Waals surface area contributed by atoms with Gasteiger partial charge in [-0.05, 0) is 69.6 Å². The molecule has 2 fully saturated rings. The maximum absolute atomic E-state index is 12.7. The van der Waals surface area contributed by atoms with Crippen LogP contribution in [0.2, 0.25) is 0 Å². The molecule has 224 valence electrons. The Bertz CT molecular complexity index is 1140. The third-order valence-electron chi connectivity index (χ3n) is 8.65. The lowest BCUT2D eigenvalue weighted by molar-refractivity contribution is -0.143. The van der Waals surface area contributed by atoms with E-state index < -0.39 is 23.8 Å². The van der Waals surface area contributed by atoms with Crippen molar-refractivity contribution < 1.29 is 19.1 Å². The number of carbonyl (C=O) groups is 2. The van der Waals surface area contributed by atoms with Crippen molar-refractivity contribution in [2.24, 2.45) is 10.9 Å². The van der Waals surface area contributed by atoms with E-state index in [4.69, 9.17) is 21.7 Å². The van der Waals surface area contributed by atoms with Crippen LogP contribution in [0, 0.1) is 5.92 Å². The summed E-state index contributed by atoms with van der Waals surface area (Å²) in [6.45, 7) is 10.1. The van der Waals surface area contributed by atoms with Crippen molar-refractivity contribution in [3.05, 3.63) is 41.1 Å². The lowest BCUT2D eigenvalue weighted by Gasteiger charge is -2.40. The Labute approximate surface area is 249 Å². The molecule has 1 saturated carbocycles. The number of thiocarbonyl (C=S) groups is 1. The predicted octanol–water partition coefficient (Wildman–Crippen LogP) is 4.11. The second-order valence-corrected chi connectivity index (χ2v) is 11.7. The molecule has 1 aromatic rings. The average molecular weight is 584 g/mol. The van der Waals surface area contributed by atoms with Crippen molar-refractivity contribution in [2.75, 3.05) is 58.8 Å². The summed E-state index contributed by atoms with van der Waals surface area (Å²) in [4.78, 5) is 35.2. The highest BCUT2D eigenvalue weighted by Gasteiger charge is 2.42. The second kappa shape index (κ2) is 14.9. The molecule has 1 saturated heterocycles. The van der Waals surface area contributed by atoms with E-state index in [1.165, 1.54) is 59.4 Å². The van der Waals surface area contributed by atoms with E-state index in [9.17, 15) is 9.59 Å². The largest absolute Gasteiger partial charge is 0.468 e. The molecule has 0 bridgehead atoms. The Morgan fingerprint density at radius 1 is 1.00 bits per heavy atom. The molecule has 1 aromatic carbocycles. The molecule has 2 N–H and O–H groups in total. The van der Waals surface area contributed by atoms with Gasteiger partial charge in [0.1, 0.15) is 5.92 Å². The van der Waals surface area contributed by atoms with Gasteiger partial charge in [-0.3, -0.25) is 14.7 Å². The van der Waals surface area contributed by atoms with Gasteiger partial charge in [-0.2, -0.15) is 0 Å². The van der Waals surface area contributed by atoms with Crippen LogP contribution in [-0.2, 0) is 19.1 Å². The highest BCUT2D eigenvalue weighted by atomic mass is 32.1. The number of methoxy groups -OCH3 is 2. The number of allylic oxidation sites excluding steroid dienone is 1. The molecule has 9 nitrogen and oxygen atoms in total. The molecule has 0 radical (unpaired) electrons. The van der Waals surface area contributed by atoms with Gasteiger partial charge in [0.05, 0.1) is 19.8 Å². The molecule has 4 rings (SSSR count). The summed E-state index contributed by atoms with van der Waals surface area (Å²) in [5.41, 5.74) is 3.12. The first-order chi connectivity index (χ1) is 19.8. The van der Waals surface area contributed by atoms with Gasteiger partial charge in [0.15, 0.2) is 5.11 Å². The molecule has 3 aliphatic rings. The fourth-order valence-corrected chi connectivity index (χ4v) is 6.68. The highest BCUT2D eigenvalue weighted by molar-refractivity contribution is 7.80. The van der Waals surface area contributed by atoms with Crippen molar-refractivity contribution in [2.45, 2.75) is 64.3 Å². The van der Waals surface area contributed by atoms with E-state index in [0.29, 0.717) is 22.1 Å². The molecule has 2 heterocycles.